The second-order valence-electron chi connectivity index (χ2n) is 4.55. The van der Waals surface area contributed by atoms with E-state index in [2.05, 4.69) is 21.4 Å². The van der Waals surface area contributed by atoms with Crippen molar-refractivity contribution in [3.63, 3.8) is 0 Å². The molecule has 0 saturated carbocycles. The van der Waals surface area contributed by atoms with Crippen molar-refractivity contribution in [1.29, 1.82) is 0 Å². The Morgan fingerprint density at radius 2 is 1.87 bits per heavy atom. The molecule has 1 aromatic carbocycles. The molecule has 116 valence electrons. The monoisotopic (exact) mass is 377 g/mol. The summed E-state index contributed by atoms with van der Waals surface area (Å²) in [4.78, 5) is 34.2. The van der Waals surface area contributed by atoms with Crippen molar-refractivity contribution in [2.75, 3.05) is 5.01 Å². The number of nitrogens with one attached hydrogen (secondary N) is 1. The Labute approximate surface area is 137 Å². The molecular formula is C14H8BrN3O5. The van der Waals surface area contributed by atoms with E-state index < -0.39 is 22.6 Å². The fourth-order valence-corrected chi connectivity index (χ4v) is 2.25. The zero-order chi connectivity index (χ0) is 16.6. The molecule has 0 spiro atoms. The fourth-order valence-electron chi connectivity index (χ4n) is 1.99. The number of amides is 2. The Hall–Kier alpha value is -2.94. The molecule has 0 aliphatic carbocycles. The van der Waals surface area contributed by atoms with Gasteiger partial charge < -0.3 is 4.42 Å². The van der Waals surface area contributed by atoms with Gasteiger partial charge in [-0.15, -0.1) is 0 Å². The summed E-state index contributed by atoms with van der Waals surface area (Å²) in [6, 6.07) is 9.23. The first kappa shape index (κ1) is 15.0. The molecule has 9 heteroatoms. The van der Waals surface area contributed by atoms with Crippen LogP contribution in [0.15, 0.2) is 50.9 Å². The number of hydrogen-bond acceptors (Lipinski definition) is 5. The van der Waals surface area contributed by atoms with Gasteiger partial charge in [-0.25, -0.2) is 5.01 Å². The first-order valence-corrected chi connectivity index (χ1v) is 7.12. The normalized spacial score (nSPS) is 16.0. The second kappa shape index (κ2) is 5.69. The lowest BCUT2D eigenvalue weighted by Gasteiger charge is -2.14. The molecule has 2 heterocycles. The van der Waals surface area contributed by atoms with Crippen LogP contribution in [0.2, 0.25) is 0 Å². The molecule has 1 fully saturated rings. The number of furan rings is 1. The average molecular weight is 378 g/mol. The van der Waals surface area contributed by atoms with Gasteiger partial charge in [0, 0.05) is 4.47 Å². The number of benzene rings is 1. The molecule has 3 rings (SSSR count). The molecule has 0 radical (unpaired) electrons. The fraction of sp³-hybridized carbons (Fsp3) is 0. The first-order valence-electron chi connectivity index (χ1n) is 6.32. The number of hydrogen-bond donors (Lipinski definition) is 1. The van der Waals surface area contributed by atoms with Crippen LogP contribution in [0.1, 0.15) is 5.76 Å². The summed E-state index contributed by atoms with van der Waals surface area (Å²) in [6.45, 7) is 0. The van der Waals surface area contributed by atoms with Crippen molar-refractivity contribution in [1.82, 2.24) is 5.43 Å². The third-order valence-electron chi connectivity index (χ3n) is 3.06. The number of carbonyl (C=O) groups is 2. The average Bonchev–Trinajstić information content (AvgIpc) is 3.09. The topological polar surface area (TPSA) is 106 Å². The van der Waals surface area contributed by atoms with Crippen molar-refractivity contribution >= 4 is 45.4 Å². The van der Waals surface area contributed by atoms with Crippen molar-refractivity contribution in [2.45, 2.75) is 0 Å². The van der Waals surface area contributed by atoms with Crippen molar-refractivity contribution in [3.8, 4) is 0 Å². The lowest BCUT2D eigenvalue weighted by Crippen LogP contribution is -2.35. The highest BCUT2D eigenvalue weighted by Crippen LogP contribution is 2.24. The molecule has 1 aliphatic heterocycles. The summed E-state index contributed by atoms with van der Waals surface area (Å²) < 4.78 is 5.76. The number of anilines is 1. The van der Waals surface area contributed by atoms with Gasteiger partial charge in [-0.2, -0.15) is 0 Å². The van der Waals surface area contributed by atoms with E-state index in [1.54, 1.807) is 24.3 Å². The molecular weight excluding hydrogens is 370 g/mol. The van der Waals surface area contributed by atoms with E-state index in [-0.39, 0.29) is 11.3 Å². The predicted molar refractivity (Wildman–Crippen MR) is 83.1 cm³/mol. The highest BCUT2D eigenvalue weighted by atomic mass is 79.9. The Bertz CT molecular complexity index is 840. The van der Waals surface area contributed by atoms with Crippen LogP contribution in [0, 0.1) is 10.1 Å². The van der Waals surface area contributed by atoms with Gasteiger partial charge >= 0.3 is 5.88 Å². The van der Waals surface area contributed by atoms with Crippen LogP contribution in [0.5, 0.6) is 0 Å². The van der Waals surface area contributed by atoms with Gasteiger partial charge in [-0.05, 0) is 36.4 Å². The van der Waals surface area contributed by atoms with E-state index in [4.69, 9.17) is 4.42 Å². The standard InChI is InChI=1S/C14H8BrN3O5/c15-8-1-3-9(4-2-8)17-14(20)11(13(19)16-17)7-10-5-6-12(23-10)18(21)22/h1-7H,(H,16,19)/b11-7-. The van der Waals surface area contributed by atoms with Gasteiger partial charge in [0.25, 0.3) is 11.8 Å². The summed E-state index contributed by atoms with van der Waals surface area (Å²) >= 11 is 3.28. The third kappa shape index (κ3) is 2.86. The van der Waals surface area contributed by atoms with Crippen LogP contribution in [0.3, 0.4) is 0 Å². The van der Waals surface area contributed by atoms with Gasteiger partial charge in [0.15, 0.2) is 0 Å². The zero-order valence-corrected chi connectivity index (χ0v) is 12.9. The van der Waals surface area contributed by atoms with Crippen molar-refractivity contribution in [3.05, 3.63) is 62.3 Å². The Morgan fingerprint density at radius 3 is 2.48 bits per heavy atom. The maximum atomic E-state index is 12.3. The zero-order valence-electron chi connectivity index (χ0n) is 11.4. The largest absolute Gasteiger partial charge is 0.433 e. The smallest absolute Gasteiger partial charge is 0.401 e. The molecule has 2 aromatic rings. The van der Waals surface area contributed by atoms with Gasteiger partial charge in [-0.3, -0.25) is 25.1 Å². The van der Waals surface area contributed by atoms with E-state index >= 15 is 0 Å². The van der Waals surface area contributed by atoms with Crippen molar-refractivity contribution < 1.29 is 18.9 Å². The lowest BCUT2D eigenvalue weighted by atomic mass is 10.2. The lowest BCUT2D eigenvalue weighted by molar-refractivity contribution is -0.402. The summed E-state index contributed by atoms with van der Waals surface area (Å²) in [6.07, 6.45) is 1.17. The molecule has 2 amide bonds. The maximum absolute atomic E-state index is 12.3. The van der Waals surface area contributed by atoms with Gasteiger partial charge in [0.1, 0.15) is 16.3 Å². The van der Waals surface area contributed by atoms with E-state index in [0.717, 1.165) is 15.5 Å². The molecule has 0 unspecified atom stereocenters. The minimum Gasteiger partial charge on any atom is -0.401 e. The highest BCUT2D eigenvalue weighted by Gasteiger charge is 2.34. The molecule has 0 atom stereocenters. The second-order valence-corrected chi connectivity index (χ2v) is 5.46. The Kier molecular flexibility index (Phi) is 3.70. The van der Waals surface area contributed by atoms with Crippen LogP contribution in [0.4, 0.5) is 11.6 Å². The third-order valence-corrected chi connectivity index (χ3v) is 3.58. The highest BCUT2D eigenvalue weighted by molar-refractivity contribution is 9.10. The quantitative estimate of drug-likeness (QED) is 0.382. The number of hydrazine groups is 1. The molecule has 1 N–H and O–H groups in total. The van der Waals surface area contributed by atoms with Crippen molar-refractivity contribution in [2.24, 2.45) is 0 Å². The number of nitrogens with zero attached hydrogens (tertiary/aromatic N) is 2. The number of nitro groups is 1. The molecule has 1 aromatic heterocycles. The van der Waals surface area contributed by atoms with Crippen LogP contribution in [-0.4, -0.2) is 16.7 Å². The summed E-state index contributed by atoms with van der Waals surface area (Å²) in [7, 11) is 0. The molecule has 0 bridgehead atoms. The molecule has 1 saturated heterocycles. The predicted octanol–water partition coefficient (Wildman–Crippen LogP) is 2.41. The van der Waals surface area contributed by atoms with Crippen LogP contribution in [0.25, 0.3) is 6.08 Å². The minimum absolute atomic E-state index is 0.0489. The molecule has 1 aliphatic rings. The van der Waals surface area contributed by atoms with Crippen LogP contribution in [-0.2, 0) is 9.59 Å². The van der Waals surface area contributed by atoms with Gasteiger partial charge in [0.05, 0.1) is 11.8 Å². The first-order chi connectivity index (χ1) is 11.0. The van der Waals surface area contributed by atoms with Gasteiger partial charge in [0.2, 0.25) is 0 Å². The molecule has 23 heavy (non-hydrogen) atoms. The van der Waals surface area contributed by atoms with E-state index in [9.17, 15) is 19.7 Å². The number of halogens is 1. The SMILES string of the molecule is O=C1NN(c2ccc(Br)cc2)C(=O)/C1=C\c1ccc([N+](=O)[O-])o1. The van der Waals surface area contributed by atoms with E-state index in [0.29, 0.717) is 5.69 Å². The number of carbonyl (C=O) groups excluding carboxylic acids is 2. The Balaban J connectivity index is 1.90. The van der Waals surface area contributed by atoms with Crippen LogP contribution >= 0.6 is 15.9 Å². The van der Waals surface area contributed by atoms with Crippen LogP contribution < -0.4 is 10.4 Å². The van der Waals surface area contributed by atoms with E-state index in [1.165, 1.54) is 12.1 Å². The summed E-state index contributed by atoms with van der Waals surface area (Å²) in [5.41, 5.74) is 2.74. The van der Waals surface area contributed by atoms with Gasteiger partial charge in [-0.1, -0.05) is 15.9 Å². The molecule has 8 nitrogen and oxygen atoms in total. The summed E-state index contributed by atoms with van der Waals surface area (Å²) in [5.74, 6) is -1.60. The summed E-state index contributed by atoms with van der Waals surface area (Å²) in [5, 5.41) is 11.7. The Morgan fingerprint density at radius 1 is 1.17 bits per heavy atom. The van der Waals surface area contributed by atoms with E-state index in [1.807, 2.05) is 0 Å². The maximum Gasteiger partial charge on any atom is 0.433 e. The number of rotatable bonds is 3. The minimum atomic E-state index is -0.702.